The average molecular weight is 543 g/mol. The summed E-state index contributed by atoms with van der Waals surface area (Å²) in [6.07, 6.45) is 5.91. The van der Waals surface area contributed by atoms with Gasteiger partial charge in [-0.25, -0.2) is 0 Å². The van der Waals surface area contributed by atoms with Crippen molar-refractivity contribution in [1.29, 1.82) is 0 Å². The van der Waals surface area contributed by atoms with Gasteiger partial charge in [0.2, 0.25) is 0 Å². The summed E-state index contributed by atoms with van der Waals surface area (Å²) in [5.41, 5.74) is 24.9. The second kappa shape index (κ2) is 9.28. The Morgan fingerprint density at radius 3 is 1.98 bits per heavy atom. The Bertz CT molecular complexity index is 2250. The molecular formula is C38H30N4. The number of nitrogens with zero attached hydrogens (tertiary/aromatic N) is 2. The minimum absolute atomic E-state index is 0.705. The molecule has 0 spiro atoms. The van der Waals surface area contributed by atoms with E-state index < -0.39 is 0 Å². The van der Waals surface area contributed by atoms with E-state index in [-0.39, 0.29) is 0 Å². The van der Waals surface area contributed by atoms with Crippen LogP contribution in [-0.2, 0) is 6.54 Å². The van der Waals surface area contributed by atoms with Gasteiger partial charge >= 0.3 is 0 Å². The van der Waals surface area contributed by atoms with E-state index in [0.717, 1.165) is 28.1 Å². The van der Waals surface area contributed by atoms with E-state index in [0.29, 0.717) is 6.54 Å². The fraction of sp³-hybridized carbons (Fsp3) is 0.0526. The summed E-state index contributed by atoms with van der Waals surface area (Å²) in [7, 11) is 0. The quantitative estimate of drug-likeness (QED) is 0.218. The third-order valence-electron chi connectivity index (χ3n) is 8.80. The van der Waals surface area contributed by atoms with Crippen LogP contribution in [0.2, 0.25) is 0 Å². The van der Waals surface area contributed by atoms with Gasteiger partial charge in [-0.2, -0.15) is 0 Å². The molecule has 0 aliphatic heterocycles. The van der Waals surface area contributed by atoms with Gasteiger partial charge < -0.3 is 20.6 Å². The number of hydrogen-bond acceptors (Lipinski definition) is 2. The van der Waals surface area contributed by atoms with E-state index >= 15 is 0 Å². The normalized spacial score (nSPS) is 14.5. The van der Waals surface area contributed by atoms with Crippen LogP contribution in [0, 0.1) is 0 Å². The number of benzene rings is 5. The maximum absolute atomic E-state index is 6.52. The first-order valence-corrected chi connectivity index (χ1v) is 14.3. The molecular weight excluding hydrogens is 512 g/mol. The van der Waals surface area contributed by atoms with Gasteiger partial charge in [0.25, 0.3) is 0 Å². The van der Waals surface area contributed by atoms with E-state index in [4.69, 9.17) is 11.5 Å². The van der Waals surface area contributed by atoms with Crippen molar-refractivity contribution in [2.24, 2.45) is 5.73 Å². The maximum Gasteiger partial charge on any atom is 0.0541 e. The number of nitrogen functional groups attached to an aromatic ring is 1. The Hall–Kier alpha value is -5.48. The highest BCUT2D eigenvalue weighted by Gasteiger charge is 2.24. The molecule has 0 bridgehead atoms. The van der Waals surface area contributed by atoms with Gasteiger partial charge in [0, 0.05) is 56.1 Å². The fourth-order valence-corrected chi connectivity index (χ4v) is 6.95. The van der Waals surface area contributed by atoms with Gasteiger partial charge in [-0.3, -0.25) is 0 Å². The maximum atomic E-state index is 6.52. The summed E-state index contributed by atoms with van der Waals surface area (Å²) in [6.45, 7) is 2.85. The van der Waals surface area contributed by atoms with Crippen LogP contribution in [0.3, 0.4) is 0 Å². The van der Waals surface area contributed by atoms with Crippen LogP contribution in [0.1, 0.15) is 18.1 Å². The number of rotatable bonds is 4. The minimum Gasteiger partial charge on any atom is -0.405 e. The predicted molar refractivity (Wildman–Crippen MR) is 179 cm³/mol. The highest BCUT2D eigenvalue weighted by atomic mass is 15.0. The molecule has 4 N–H and O–H groups in total. The number of nitrogens with two attached hydrogens (primary N) is 2. The van der Waals surface area contributed by atoms with E-state index in [1.807, 2.05) is 18.2 Å². The van der Waals surface area contributed by atoms with Crippen LogP contribution in [0.25, 0.3) is 60.4 Å². The lowest BCUT2D eigenvalue weighted by Gasteiger charge is -2.11. The topological polar surface area (TPSA) is 61.9 Å². The minimum atomic E-state index is 0.705. The summed E-state index contributed by atoms with van der Waals surface area (Å²) < 4.78 is 4.79. The molecule has 8 rings (SSSR count). The Labute approximate surface area is 244 Å². The Morgan fingerprint density at radius 1 is 0.667 bits per heavy atom. The fourth-order valence-electron chi connectivity index (χ4n) is 6.95. The molecule has 4 heteroatoms. The smallest absolute Gasteiger partial charge is 0.0541 e. The second-order valence-corrected chi connectivity index (χ2v) is 11.0. The standard InChI is InChI=1S/C38H30N4/c1-24-26(19-21-39)31(38-27(24)12-8-13-33(38)40)20-22-41-34-14-5-2-11-30(34)32-23-25(17-18-35(32)41)42-36-15-6-3-9-28(36)29-10-4-7-16-37(29)42/h2-21,23H,22,39-40H2,1H3/b21-19-,31-20-. The zero-order valence-corrected chi connectivity index (χ0v) is 23.4. The Kier molecular flexibility index (Phi) is 5.38. The van der Waals surface area contributed by atoms with Crippen molar-refractivity contribution in [2.75, 3.05) is 5.73 Å². The molecule has 202 valence electrons. The molecule has 0 fully saturated rings. The molecule has 0 saturated carbocycles. The first-order valence-electron chi connectivity index (χ1n) is 14.3. The summed E-state index contributed by atoms with van der Waals surface area (Å²) in [5, 5.41) is 5.02. The number of allylic oxidation sites excluding steroid dienone is 5. The lowest BCUT2D eigenvalue weighted by Crippen LogP contribution is -1.99. The van der Waals surface area contributed by atoms with Crippen molar-refractivity contribution >= 4 is 60.4 Å². The average Bonchev–Trinajstić information content (AvgIpc) is 3.62. The third kappa shape index (κ3) is 3.42. The van der Waals surface area contributed by atoms with Crippen molar-refractivity contribution in [3.8, 4) is 5.69 Å². The van der Waals surface area contributed by atoms with Gasteiger partial charge in [-0.05, 0) is 83.9 Å². The van der Waals surface area contributed by atoms with Gasteiger partial charge in [-0.15, -0.1) is 0 Å². The van der Waals surface area contributed by atoms with E-state index in [2.05, 4.69) is 119 Å². The number of hydrogen-bond donors (Lipinski definition) is 2. The molecule has 5 aromatic carbocycles. The van der Waals surface area contributed by atoms with Crippen molar-refractivity contribution < 1.29 is 0 Å². The molecule has 2 heterocycles. The molecule has 0 amide bonds. The van der Waals surface area contributed by atoms with Crippen LogP contribution in [0.15, 0.2) is 133 Å². The molecule has 0 unspecified atom stereocenters. The van der Waals surface area contributed by atoms with Crippen LogP contribution in [0.4, 0.5) is 5.69 Å². The third-order valence-corrected chi connectivity index (χ3v) is 8.80. The van der Waals surface area contributed by atoms with Crippen LogP contribution < -0.4 is 11.5 Å². The molecule has 2 aromatic heterocycles. The zero-order valence-electron chi connectivity index (χ0n) is 23.4. The lowest BCUT2D eigenvalue weighted by atomic mass is 10.0. The zero-order chi connectivity index (χ0) is 28.4. The molecule has 1 aliphatic rings. The Balaban J connectivity index is 1.32. The molecule has 0 saturated heterocycles. The van der Waals surface area contributed by atoms with Gasteiger partial charge in [-0.1, -0.05) is 72.8 Å². The van der Waals surface area contributed by atoms with Crippen LogP contribution >= 0.6 is 0 Å². The summed E-state index contributed by atoms with van der Waals surface area (Å²) in [4.78, 5) is 0. The van der Waals surface area contributed by atoms with Gasteiger partial charge in [0.05, 0.1) is 11.0 Å². The molecule has 7 aromatic rings. The van der Waals surface area contributed by atoms with Crippen molar-refractivity contribution in [2.45, 2.75) is 13.5 Å². The van der Waals surface area contributed by atoms with Gasteiger partial charge in [0.15, 0.2) is 0 Å². The molecule has 0 radical (unpaired) electrons. The first-order chi connectivity index (χ1) is 20.7. The summed E-state index contributed by atoms with van der Waals surface area (Å²) in [5.74, 6) is 0. The SMILES string of the molecule is CC1=C(/C=C\N)/C(=C/Cn2c3ccccc3c3cc(-n4c5ccccc5c5ccccc54)ccc32)c2c(N)cccc21. The Morgan fingerprint density at radius 2 is 1.29 bits per heavy atom. The first kappa shape index (κ1) is 24.3. The van der Waals surface area contributed by atoms with Crippen molar-refractivity contribution in [1.82, 2.24) is 9.13 Å². The molecule has 4 nitrogen and oxygen atoms in total. The van der Waals surface area contributed by atoms with E-state index in [9.17, 15) is 0 Å². The monoisotopic (exact) mass is 542 g/mol. The highest BCUT2D eigenvalue weighted by Crippen LogP contribution is 2.45. The number of para-hydroxylation sites is 3. The predicted octanol–water partition coefficient (Wildman–Crippen LogP) is 8.82. The number of aromatic nitrogens is 2. The van der Waals surface area contributed by atoms with Crippen LogP contribution in [-0.4, -0.2) is 9.13 Å². The lowest BCUT2D eigenvalue weighted by molar-refractivity contribution is 0.900. The second-order valence-electron chi connectivity index (χ2n) is 11.0. The van der Waals surface area contributed by atoms with Crippen molar-refractivity contribution in [3.63, 3.8) is 0 Å². The van der Waals surface area contributed by atoms with Gasteiger partial charge in [0.1, 0.15) is 0 Å². The molecule has 1 aliphatic carbocycles. The highest BCUT2D eigenvalue weighted by molar-refractivity contribution is 6.12. The van der Waals surface area contributed by atoms with Crippen LogP contribution in [0.5, 0.6) is 0 Å². The van der Waals surface area contributed by atoms with Crippen molar-refractivity contribution in [3.05, 3.63) is 144 Å². The number of anilines is 1. The molecule has 42 heavy (non-hydrogen) atoms. The van der Waals surface area contributed by atoms with E-state index in [1.54, 1.807) is 6.20 Å². The largest absolute Gasteiger partial charge is 0.405 e. The number of fused-ring (bicyclic) bond motifs is 7. The summed E-state index contributed by atoms with van der Waals surface area (Å²) in [6, 6.07) is 39.0. The van der Waals surface area contributed by atoms with E-state index in [1.165, 1.54) is 54.7 Å². The molecule has 0 atom stereocenters. The summed E-state index contributed by atoms with van der Waals surface area (Å²) >= 11 is 0.